The van der Waals surface area contributed by atoms with E-state index in [9.17, 15) is 9.90 Å². The van der Waals surface area contributed by atoms with Crippen molar-refractivity contribution in [2.75, 3.05) is 17.2 Å². The number of amides is 2. The molecule has 154 valence electrons. The van der Waals surface area contributed by atoms with Crippen LogP contribution in [0, 0.1) is 11.3 Å². The van der Waals surface area contributed by atoms with Gasteiger partial charge in [0.25, 0.3) is 0 Å². The van der Waals surface area contributed by atoms with Gasteiger partial charge < -0.3 is 21.1 Å². The third-order valence-electron chi connectivity index (χ3n) is 5.36. The number of hydrogen-bond acceptors (Lipinski definition) is 5. The number of aromatic nitrogens is 1. The van der Waals surface area contributed by atoms with Gasteiger partial charge in [0, 0.05) is 18.3 Å². The van der Waals surface area contributed by atoms with Crippen LogP contribution in [0.5, 0.6) is 0 Å². The van der Waals surface area contributed by atoms with Gasteiger partial charge in [-0.2, -0.15) is 0 Å². The van der Waals surface area contributed by atoms with Crippen LogP contribution in [0.25, 0.3) is 0 Å². The van der Waals surface area contributed by atoms with Crippen LogP contribution in [0.3, 0.4) is 0 Å². The van der Waals surface area contributed by atoms with Crippen molar-refractivity contribution in [3.05, 3.63) is 53.2 Å². The second kappa shape index (κ2) is 10.0. The Balaban J connectivity index is 1.68. The van der Waals surface area contributed by atoms with Crippen LogP contribution in [0.4, 0.5) is 16.3 Å². The zero-order valence-corrected chi connectivity index (χ0v) is 16.7. The molecule has 0 spiro atoms. The zero-order chi connectivity index (χ0) is 20.6. The zero-order valence-electron chi connectivity index (χ0n) is 16.7. The lowest BCUT2D eigenvalue weighted by Crippen LogP contribution is -2.31. The lowest BCUT2D eigenvalue weighted by Gasteiger charge is -2.18. The van der Waals surface area contributed by atoms with Gasteiger partial charge in [0.15, 0.2) is 0 Å². The molecule has 1 heterocycles. The van der Waals surface area contributed by atoms with Crippen molar-refractivity contribution >= 4 is 23.8 Å². The van der Waals surface area contributed by atoms with Gasteiger partial charge in [-0.1, -0.05) is 43.2 Å². The average molecular weight is 396 g/mol. The fraction of sp³-hybridized carbons (Fsp3) is 0.409. The summed E-state index contributed by atoms with van der Waals surface area (Å²) in [5.41, 5.74) is 2.68. The van der Waals surface area contributed by atoms with Crippen molar-refractivity contribution in [3.63, 3.8) is 0 Å². The van der Waals surface area contributed by atoms with Gasteiger partial charge >= 0.3 is 6.03 Å². The van der Waals surface area contributed by atoms with E-state index in [1.807, 2.05) is 37.3 Å². The summed E-state index contributed by atoms with van der Waals surface area (Å²) < 4.78 is 0. The van der Waals surface area contributed by atoms with Crippen molar-refractivity contribution in [3.8, 4) is 0 Å². The molecule has 1 atom stereocenters. The predicted molar refractivity (Wildman–Crippen MR) is 116 cm³/mol. The van der Waals surface area contributed by atoms with Crippen molar-refractivity contribution in [2.24, 2.45) is 5.92 Å². The molecule has 7 heteroatoms. The first-order valence-electron chi connectivity index (χ1n) is 10.1. The molecule has 1 fully saturated rings. The van der Waals surface area contributed by atoms with E-state index in [1.165, 1.54) is 31.9 Å². The summed E-state index contributed by atoms with van der Waals surface area (Å²) in [5.74, 6) is 0.917. The summed E-state index contributed by atoms with van der Waals surface area (Å²) in [7, 11) is 0. The van der Waals surface area contributed by atoms with Crippen LogP contribution in [-0.4, -0.2) is 28.9 Å². The van der Waals surface area contributed by atoms with Crippen LogP contribution >= 0.6 is 0 Å². The minimum Gasteiger partial charge on any atom is -0.390 e. The van der Waals surface area contributed by atoms with E-state index >= 15 is 0 Å². The molecule has 2 amide bonds. The molecule has 0 radical (unpaired) electrons. The predicted octanol–water partition coefficient (Wildman–Crippen LogP) is 4.06. The third-order valence-corrected chi connectivity index (χ3v) is 5.36. The second-order valence-electron chi connectivity index (χ2n) is 7.48. The van der Waals surface area contributed by atoms with Gasteiger partial charge in [0.05, 0.1) is 24.0 Å². The largest absolute Gasteiger partial charge is 0.390 e. The molecule has 1 aliphatic rings. The smallest absolute Gasteiger partial charge is 0.320 e. The third kappa shape index (κ3) is 5.54. The number of pyridine rings is 1. The van der Waals surface area contributed by atoms with E-state index in [0.717, 1.165) is 12.1 Å². The molecular formula is C22H29N5O2. The Morgan fingerprint density at radius 1 is 1.31 bits per heavy atom. The number of aliphatic hydroxyl groups is 1. The maximum atomic E-state index is 12.4. The fourth-order valence-corrected chi connectivity index (χ4v) is 3.75. The van der Waals surface area contributed by atoms with E-state index in [4.69, 9.17) is 5.41 Å². The molecule has 1 aromatic carbocycles. The molecule has 0 bridgehead atoms. The number of rotatable bonds is 8. The van der Waals surface area contributed by atoms with Crippen molar-refractivity contribution < 1.29 is 9.90 Å². The number of hydrogen-bond donors (Lipinski definition) is 5. The summed E-state index contributed by atoms with van der Waals surface area (Å²) >= 11 is 0. The quantitative estimate of drug-likeness (QED) is 0.434. The average Bonchev–Trinajstić information content (AvgIpc) is 3.26. The highest BCUT2D eigenvalue weighted by Crippen LogP contribution is 2.27. The lowest BCUT2D eigenvalue weighted by molar-refractivity contribution is 0.249. The fourth-order valence-electron chi connectivity index (χ4n) is 3.75. The maximum absolute atomic E-state index is 12.4. The molecule has 3 rings (SSSR count). The Labute approximate surface area is 171 Å². The standard InChI is InChI=1S/C22H29N5O2/c1-15(17-9-3-2-4-10-17)25-22(29)27-20-11-18(12-23)21(19(14-28)26-20)24-13-16-7-5-6-8-16/h2-4,9-12,15-16,23-24,28H,5-8,13-14H2,1H3,(H2,25,26,27,29)/t15-/m1/s1. The van der Waals surface area contributed by atoms with E-state index in [-0.39, 0.29) is 18.7 Å². The molecule has 7 nitrogen and oxygen atoms in total. The van der Waals surface area contributed by atoms with E-state index in [0.29, 0.717) is 28.7 Å². The van der Waals surface area contributed by atoms with Crippen LogP contribution in [0.15, 0.2) is 36.4 Å². The number of anilines is 2. The first kappa shape index (κ1) is 20.8. The minimum atomic E-state index is -0.389. The summed E-state index contributed by atoms with van der Waals surface area (Å²) in [6.07, 6.45) is 6.14. The second-order valence-corrected chi connectivity index (χ2v) is 7.48. The minimum absolute atomic E-state index is 0.164. The summed E-state index contributed by atoms with van der Waals surface area (Å²) in [4.78, 5) is 16.8. The molecule has 2 aromatic rings. The molecule has 1 aromatic heterocycles. The SMILES string of the molecule is C[C@@H](NC(=O)Nc1cc(C=N)c(NCC2CCCC2)c(CO)n1)c1ccccc1. The number of aliphatic hydroxyl groups excluding tert-OH is 1. The van der Waals surface area contributed by atoms with Crippen LogP contribution < -0.4 is 16.0 Å². The van der Waals surface area contributed by atoms with E-state index in [2.05, 4.69) is 20.9 Å². The highest BCUT2D eigenvalue weighted by atomic mass is 16.3. The van der Waals surface area contributed by atoms with Gasteiger partial charge in [-0.15, -0.1) is 0 Å². The molecular weight excluding hydrogens is 366 g/mol. The number of carbonyl (C=O) groups excluding carboxylic acids is 1. The van der Waals surface area contributed by atoms with Gasteiger partial charge in [-0.25, -0.2) is 9.78 Å². The molecule has 5 N–H and O–H groups in total. The Morgan fingerprint density at radius 3 is 2.69 bits per heavy atom. The number of carbonyl (C=O) groups is 1. The Hall–Kier alpha value is -2.93. The molecule has 1 saturated carbocycles. The Morgan fingerprint density at radius 2 is 2.03 bits per heavy atom. The normalized spacial score (nSPS) is 15.0. The molecule has 0 aliphatic heterocycles. The van der Waals surface area contributed by atoms with Crippen LogP contribution in [0.2, 0.25) is 0 Å². The van der Waals surface area contributed by atoms with Gasteiger partial charge in [0.2, 0.25) is 0 Å². The highest BCUT2D eigenvalue weighted by Gasteiger charge is 2.18. The molecule has 1 aliphatic carbocycles. The highest BCUT2D eigenvalue weighted by molar-refractivity contribution is 5.92. The maximum Gasteiger partial charge on any atom is 0.320 e. The topological polar surface area (TPSA) is 110 Å². The summed E-state index contributed by atoms with van der Waals surface area (Å²) in [5, 5.41) is 26.5. The van der Waals surface area contributed by atoms with E-state index < -0.39 is 0 Å². The Kier molecular flexibility index (Phi) is 7.19. The summed E-state index contributed by atoms with van der Waals surface area (Å²) in [6.45, 7) is 2.43. The van der Waals surface area contributed by atoms with Crippen LogP contribution in [0.1, 0.15) is 55.5 Å². The van der Waals surface area contributed by atoms with Gasteiger partial charge in [-0.05, 0) is 37.3 Å². The van der Waals surface area contributed by atoms with Crippen molar-refractivity contribution in [1.82, 2.24) is 10.3 Å². The van der Waals surface area contributed by atoms with Gasteiger partial charge in [0.1, 0.15) is 5.82 Å². The first-order valence-corrected chi connectivity index (χ1v) is 10.1. The number of nitrogens with zero attached hydrogens (tertiary/aromatic N) is 1. The van der Waals surface area contributed by atoms with Gasteiger partial charge in [-0.3, -0.25) is 5.32 Å². The Bertz CT molecular complexity index is 835. The number of urea groups is 1. The lowest BCUT2D eigenvalue weighted by atomic mass is 10.1. The molecule has 0 unspecified atom stereocenters. The number of nitrogens with one attached hydrogen (secondary N) is 4. The van der Waals surface area contributed by atoms with E-state index in [1.54, 1.807) is 6.07 Å². The number of benzene rings is 1. The van der Waals surface area contributed by atoms with Crippen LogP contribution in [-0.2, 0) is 6.61 Å². The first-order chi connectivity index (χ1) is 14.1. The summed E-state index contributed by atoms with van der Waals surface area (Å²) in [6, 6.07) is 10.8. The monoisotopic (exact) mass is 395 g/mol. The van der Waals surface area contributed by atoms with Crippen molar-refractivity contribution in [1.29, 1.82) is 5.41 Å². The molecule has 29 heavy (non-hydrogen) atoms. The van der Waals surface area contributed by atoms with Crippen molar-refractivity contribution in [2.45, 2.75) is 45.3 Å². The molecule has 0 saturated heterocycles.